The van der Waals surface area contributed by atoms with E-state index in [1.165, 1.54) is 18.2 Å². The van der Waals surface area contributed by atoms with Crippen LogP contribution in [0.3, 0.4) is 0 Å². The second kappa shape index (κ2) is 6.64. The second-order valence-electron chi connectivity index (χ2n) is 4.66. The molecule has 1 atom stereocenters. The molecule has 1 aromatic rings. The van der Waals surface area contributed by atoms with Crippen LogP contribution in [0.1, 0.15) is 12.0 Å². The Morgan fingerprint density at radius 2 is 2.29 bits per heavy atom. The number of carbonyl (C=O) groups excluding carboxylic acids is 1. The first-order valence-electron chi connectivity index (χ1n) is 6.42. The highest BCUT2D eigenvalue weighted by molar-refractivity contribution is 8.13. The summed E-state index contributed by atoms with van der Waals surface area (Å²) in [5.41, 5.74) is 0.661. The summed E-state index contributed by atoms with van der Waals surface area (Å²) >= 11 is 0. The lowest BCUT2D eigenvalue weighted by molar-refractivity contribution is -0.127. The minimum Gasteiger partial charge on any atom is -0.480 e. The van der Waals surface area contributed by atoms with Gasteiger partial charge < -0.3 is 14.8 Å². The molecule has 0 aliphatic carbocycles. The van der Waals surface area contributed by atoms with Crippen molar-refractivity contribution in [1.29, 1.82) is 0 Å². The molecule has 2 rings (SSSR count). The lowest BCUT2D eigenvalue weighted by Crippen LogP contribution is -2.38. The van der Waals surface area contributed by atoms with Crippen molar-refractivity contribution >= 4 is 25.6 Å². The molecule has 21 heavy (non-hydrogen) atoms. The summed E-state index contributed by atoms with van der Waals surface area (Å²) in [6.07, 6.45) is 0.401. The molecule has 1 aromatic carbocycles. The maximum Gasteiger partial charge on any atom is 0.261 e. The van der Waals surface area contributed by atoms with Crippen LogP contribution in [-0.4, -0.2) is 40.7 Å². The number of hydrogen-bond donors (Lipinski definition) is 1. The van der Waals surface area contributed by atoms with E-state index in [4.69, 9.17) is 20.2 Å². The summed E-state index contributed by atoms with van der Waals surface area (Å²) in [4.78, 5) is 11.9. The molecule has 0 bridgehead atoms. The Hall–Kier alpha value is -1.31. The first-order chi connectivity index (χ1) is 9.91. The molecule has 1 heterocycles. The summed E-state index contributed by atoms with van der Waals surface area (Å²) in [6, 6.07) is 4.32. The third-order valence-corrected chi connectivity index (χ3v) is 4.46. The summed E-state index contributed by atoms with van der Waals surface area (Å²) < 4.78 is 33.0. The minimum absolute atomic E-state index is 0.00710. The fourth-order valence-electron chi connectivity index (χ4n) is 2.06. The predicted molar refractivity (Wildman–Crippen MR) is 77.1 cm³/mol. The number of rotatable bonds is 6. The van der Waals surface area contributed by atoms with Gasteiger partial charge in [0.25, 0.3) is 15.0 Å². The van der Waals surface area contributed by atoms with Crippen LogP contribution in [0.4, 0.5) is 0 Å². The molecular formula is C13H16ClNO5S. The smallest absolute Gasteiger partial charge is 0.261 e. The molecule has 116 valence electrons. The van der Waals surface area contributed by atoms with Gasteiger partial charge in [-0.1, -0.05) is 0 Å². The van der Waals surface area contributed by atoms with Gasteiger partial charge in [-0.05, 0) is 30.2 Å². The number of amides is 1. The molecule has 1 unspecified atom stereocenters. The zero-order valence-electron chi connectivity index (χ0n) is 11.5. The average Bonchev–Trinajstić information content (AvgIpc) is 2.85. The van der Waals surface area contributed by atoms with Crippen molar-refractivity contribution in [3.05, 3.63) is 23.8 Å². The van der Waals surface area contributed by atoms with Crippen molar-refractivity contribution in [3.8, 4) is 5.75 Å². The average molecular weight is 334 g/mol. The number of fused-ring (bicyclic) bond motifs is 1. The van der Waals surface area contributed by atoms with Crippen LogP contribution in [0, 0.1) is 0 Å². The van der Waals surface area contributed by atoms with Crippen molar-refractivity contribution in [3.63, 3.8) is 0 Å². The number of methoxy groups -OCH3 is 1. The Labute approximate surface area is 127 Å². The SMILES string of the molecule is COCCCNC(=O)C1Cc2cc(S(=O)(=O)Cl)ccc2O1. The zero-order valence-corrected chi connectivity index (χ0v) is 13.0. The van der Waals surface area contributed by atoms with Crippen LogP contribution in [0.15, 0.2) is 23.1 Å². The van der Waals surface area contributed by atoms with Crippen LogP contribution in [0.5, 0.6) is 5.75 Å². The molecule has 0 spiro atoms. The third kappa shape index (κ3) is 4.09. The maximum absolute atomic E-state index is 11.9. The van der Waals surface area contributed by atoms with Gasteiger partial charge in [-0.15, -0.1) is 0 Å². The van der Waals surface area contributed by atoms with Crippen LogP contribution >= 0.6 is 10.7 Å². The summed E-state index contributed by atoms with van der Waals surface area (Å²) in [5, 5.41) is 2.75. The van der Waals surface area contributed by atoms with Crippen LogP contribution in [0.2, 0.25) is 0 Å². The molecule has 0 saturated heterocycles. The molecule has 0 saturated carbocycles. The van der Waals surface area contributed by atoms with Crippen molar-refractivity contribution in [2.75, 3.05) is 20.3 Å². The minimum atomic E-state index is -3.78. The van der Waals surface area contributed by atoms with E-state index in [2.05, 4.69) is 5.32 Å². The third-order valence-electron chi connectivity index (χ3n) is 3.10. The van der Waals surface area contributed by atoms with E-state index in [9.17, 15) is 13.2 Å². The van der Waals surface area contributed by atoms with Gasteiger partial charge in [-0.25, -0.2) is 8.42 Å². The Morgan fingerprint density at radius 3 is 2.95 bits per heavy atom. The van der Waals surface area contributed by atoms with Gasteiger partial charge in [0.1, 0.15) is 5.75 Å². The first-order valence-corrected chi connectivity index (χ1v) is 8.73. The van der Waals surface area contributed by atoms with Crippen molar-refractivity contribution in [2.45, 2.75) is 23.8 Å². The monoisotopic (exact) mass is 333 g/mol. The molecule has 0 fully saturated rings. The molecule has 8 heteroatoms. The molecule has 6 nitrogen and oxygen atoms in total. The topological polar surface area (TPSA) is 81.7 Å². The lowest BCUT2D eigenvalue weighted by atomic mass is 10.1. The van der Waals surface area contributed by atoms with E-state index in [0.717, 1.165) is 6.42 Å². The molecule has 1 aliphatic rings. The highest BCUT2D eigenvalue weighted by Crippen LogP contribution is 2.31. The molecule has 0 radical (unpaired) electrons. The highest BCUT2D eigenvalue weighted by Gasteiger charge is 2.29. The molecule has 1 N–H and O–H groups in total. The van der Waals surface area contributed by atoms with Crippen molar-refractivity contribution in [1.82, 2.24) is 5.32 Å². The van der Waals surface area contributed by atoms with Crippen molar-refractivity contribution in [2.24, 2.45) is 0 Å². The van der Waals surface area contributed by atoms with E-state index < -0.39 is 15.2 Å². The van der Waals surface area contributed by atoms with E-state index >= 15 is 0 Å². The Kier molecular flexibility index (Phi) is 5.08. The number of benzene rings is 1. The highest BCUT2D eigenvalue weighted by atomic mass is 35.7. The summed E-state index contributed by atoms with van der Waals surface area (Å²) in [7, 11) is 3.12. The predicted octanol–water partition coefficient (Wildman–Crippen LogP) is 1.07. The van der Waals surface area contributed by atoms with Gasteiger partial charge in [-0.3, -0.25) is 4.79 Å². The fraction of sp³-hybridized carbons (Fsp3) is 0.462. The number of ether oxygens (including phenoxy) is 2. The van der Waals surface area contributed by atoms with Gasteiger partial charge in [0.05, 0.1) is 4.90 Å². The number of halogens is 1. The number of nitrogens with one attached hydrogen (secondary N) is 1. The van der Waals surface area contributed by atoms with Crippen LogP contribution in [-0.2, 0) is 25.0 Å². The number of hydrogen-bond acceptors (Lipinski definition) is 5. The number of carbonyl (C=O) groups is 1. The largest absolute Gasteiger partial charge is 0.480 e. The molecular weight excluding hydrogens is 318 g/mol. The van der Waals surface area contributed by atoms with Gasteiger partial charge >= 0.3 is 0 Å². The van der Waals surface area contributed by atoms with Gasteiger partial charge in [0.2, 0.25) is 0 Å². The summed E-state index contributed by atoms with van der Waals surface area (Å²) in [6.45, 7) is 1.08. The molecule has 0 aromatic heterocycles. The summed E-state index contributed by atoms with van der Waals surface area (Å²) in [5.74, 6) is 0.286. The lowest BCUT2D eigenvalue weighted by Gasteiger charge is -2.10. The fourth-order valence-corrected chi connectivity index (χ4v) is 2.87. The Balaban J connectivity index is 1.98. The Morgan fingerprint density at radius 1 is 1.52 bits per heavy atom. The quantitative estimate of drug-likeness (QED) is 0.622. The van der Waals surface area contributed by atoms with Gasteiger partial charge in [-0.2, -0.15) is 0 Å². The van der Waals surface area contributed by atoms with Gasteiger partial charge in [0.15, 0.2) is 6.10 Å². The molecule has 1 amide bonds. The zero-order chi connectivity index (χ0) is 15.5. The van der Waals surface area contributed by atoms with Crippen LogP contribution in [0.25, 0.3) is 0 Å². The normalized spacial score (nSPS) is 17.1. The molecule has 1 aliphatic heterocycles. The van der Waals surface area contributed by atoms with Crippen LogP contribution < -0.4 is 10.1 Å². The standard InChI is InChI=1S/C13H16ClNO5S/c1-19-6-2-5-15-13(16)12-8-9-7-10(21(14,17)18)3-4-11(9)20-12/h3-4,7,12H,2,5-6,8H2,1H3,(H,15,16). The first kappa shape index (κ1) is 16.1. The van der Waals surface area contributed by atoms with E-state index in [1.807, 2.05) is 0 Å². The van der Waals surface area contributed by atoms with E-state index in [0.29, 0.717) is 30.9 Å². The van der Waals surface area contributed by atoms with Gasteiger partial charge in [0, 0.05) is 37.4 Å². The second-order valence-corrected chi connectivity index (χ2v) is 7.22. The van der Waals surface area contributed by atoms with Crippen molar-refractivity contribution < 1.29 is 22.7 Å². The van der Waals surface area contributed by atoms with E-state index in [1.54, 1.807) is 7.11 Å². The maximum atomic E-state index is 11.9. The van der Waals surface area contributed by atoms with E-state index in [-0.39, 0.29) is 10.8 Å². The Bertz CT molecular complexity index is 631.